The van der Waals surface area contributed by atoms with Gasteiger partial charge in [-0.3, -0.25) is 0 Å². The molecule has 1 aliphatic carbocycles. The van der Waals surface area contributed by atoms with Crippen molar-refractivity contribution in [3.8, 4) is 0 Å². The van der Waals surface area contributed by atoms with E-state index in [0.717, 1.165) is 42.5 Å². The first-order valence-corrected chi connectivity index (χ1v) is 8.53. The Hall–Kier alpha value is -0.880. The van der Waals surface area contributed by atoms with Gasteiger partial charge >= 0.3 is 0 Å². The monoisotopic (exact) mass is 356 g/mol. The van der Waals surface area contributed by atoms with Crippen molar-refractivity contribution in [2.75, 3.05) is 23.8 Å². The first-order chi connectivity index (χ1) is 10.1. The SMILES string of the molecule is CCCNc1ncc(Br)c(NC2(CO)CCCC(C)C2)n1. The minimum atomic E-state index is -0.267. The Morgan fingerprint density at radius 2 is 2.33 bits per heavy atom. The van der Waals surface area contributed by atoms with Crippen molar-refractivity contribution in [3.63, 3.8) is 0 Å². The molecule has 0 aliphatic heterocycles. The van der Waals surface area contributed by atoms with Crippen molar-refractivity contribution >= 4 is 27.7 Å². The van der Waals surface area contributed by atoms with Gasteiger partial charge in [0.2, 0.25) is 5.95 Å². The average molecular weight is 357 g/mol. The number of halogens is 1. The molecule has 0 amide bonds. The van der Waals surface area contributed by atoms with Gasteiger partial charge in [0.1, 0.15) is 5.82 Å². The molecular weight excluding hydrogens is 332 g/mol. The standard InChI is InChI=1S/C15H25BrN4O/c1-3-7-17-14-18-9-12(16)13(19-14)20-15(10-21)6-4-5-11(2)8-15/h9,11,21H,3-8,10H2,1-2H3,(H2,17,18,19,20). The van der Waals surface area contributed by atoms with Crippen LogP contribution in [0, 0.1) is 5.92 Å². The molecule has 3 N–H and O–H groups in total. The average Bonchev–Trinajstić information content (AvgIpc) is 2.48. The number of hydrogen-bond acceptors (Lipinski definition) is 5. The molecule has 0 spiro atoms. The van der Waals surface area contributed by atoms with Gasteiger partial charge < -0.3 is 15.7 Å². The first kappa shape index (κ1) is 16.5. The number of rotatable bonds is 6. The molecule has 5 nitrogen and oxygen atoms in total. The molecule has 0 aromatic carbocycles. The summed E-state index contributed by atoms with van der Waals surface area (Å²) in [5, 5.41) is 16.5. The second-order valence-electron chi connectivity index (χ2n) is 6.08. The van der Waals surface area contributed by atoms with E-state index in [4.69, 9.17) is 0 Å². The molecule has 118 valence electrons. The number of aliphatic hydroxyl groups excluding tert-OH is 1. The molecule has 0 bridgehead atoms. The van der Waals surface area contributed by atoms with E-state index in [2.05, 4.69) is 50.4 Å². The maximum Gasteiger partial charge on any atom is 0.224 e. The Morgan fingerprint density at radius 1 is 1.52 bits per heavy atom. The lowest BCUT2D eigenvalue weighted by Gasteiger charge is -2.40. The highest BCUT2D eigenvalue weighted by molar-refractivity contribution is 9.10. The fourth-order valence-corrected chi connectivity index (χ4v) is 3.27. The lowest BCUT2D eigenvalue weighted by Crippen LogP contribution is -2.46. The summed E-state index contributed by atoms with van der Waals surface area (Å²) in [6.45, 7) is 5.33. The summed E-state index contributed by atoms with van der Waals surface area (Å²) in [5.41, 5.74) is -0.267. The summed E-state index contributed by atoms with van der Waals surface area (Å²) < 4.78 is 0.829. The van der Waals surface area contributed by atoms with Crippen molar-refractivity contribution < 1.29 is 5.11 Å². The predicted molar refractivity (Wildman–Crippen MR) is 89.6 cm³/mol. The highest BCUT2D eigenvalue weighted by atomic mass is 79.9. The van der Waals surface area contributed by atoms with Gasteiger partial charge in [-0.15, -0.1) is 0 Å². The highest BCUT2D eigenvalue weighted by Crippen LogP contribution is 2.36. The van der Waals surface area contributed by atoms with Gasteiger partial charge in [-0.05, 0) is 41.1 Å². The van der Waals surface area contributed by atoms with Gasteiger partial charge in [0.25, 0.3) is 0 Å². The fourth-order valence-electron chi connectivity index (χ4n) is 2.98. The molecule has 21 heavy (non-hydrogen) atoms. The van der Waals surface area contributed by atoms with Crippen LogP contribution in [0.2, 0.25) is 0 Å². The van der Waals surface area contributed by atoms with Crippen molar-refractivity contribution in [1.82, 2.24) is 9.97 Å². The van der Waals surface area contributed by atoms with Crippen LogP contribution in [0.4, 0.5) is 11.8 Å². The van der Waals surface area contributed by atoms with Crippen LogP contribution in [0.25, 0.3) is 0 Å². The third-order valence-corrected chi connectivity index (χ3v) is 4.64. The molecule has 0 radical (unpaired) electrons. The predicted octanol–water partition coefficient (Wildman–Crippen LogP) is 3.41. The summed E-state index contributed by atoms with van der Waals surface area (Å²) >= 11 is 3.50. The Kier molecular flexibility index (Phi) is 5.81. The van der Waals surface area contributed by atoms with E-state index in [9.17, 15) is 5.11 Å². The van der Waals surface area contributed by atoms with Gasteiger partial charge in [0, 0.05) is 12.7 Å². The fraction of sp³-hybridized carbons (Fsp3) is 0.733. The summed E-state index contributed by atoms with van der Waals surface area (Å²) in [6, 6.07) is 0. The molecule has 2 unspecified atom stereocenters. The molecule has 2 atom stereocenters. The zero-order valence-corrected chi connectivity index (χ0v) is 14.4. The van der Waals surface area contributed by atoms with E-state index in [1.165, 1.54) is 6.42 Å². The number of anilines is 2. The number of aromatic nitrogens is 2. The number of aliphatic hydroxyl groups is 1. The van der Waals surface area contributed by atoms with E-state index in [1.807, 2.05) is 0 Å². The van der Waals surface area contributed by atoms with Crippen LogP contribution >= 0.6 is 15.9 Å². The number of hydrogen-bond donors (Lipinski definition) is 3. The van der Waals surface area contributed by atoms with Crippen molar-refractivity contribution in [2.24, 2.45) is 5.92 Å². The van der Waals surface area contributed by atoms with Crippen LogP contribution in [0.5, 0.6) is 0 Å². The lowest BCUT2D eigenvalue weighted by molar-refractivity contribution is 0.149. The van der Waals surface area contributed by atoms with Gasteiger partial charge in [0.05, 0.1) is 16.6 Å². The molecule has 2 rings (SSSR count). The Morgan fingerprint density at radius 3 is 3.00 bits per heavy atom. The van der Waals surface area contributed by atoms with E-state index >= 15 is 0 Å². The minimum absolute atomic E-state index is 0.130. The number of nitrogens with zero attached hydrogens (tertiary/aromatic N) is 2. The first-order valence-electron chi connectivity index (χ1n) is 7.74. The number of nitrogens with one attached hydrogen (secondary N) is 2. The lowest BCUT2D eigenvalue weighted by atomic mass is 9.77. The largest absolute Gasteiger partial charge is 0.394 e. The van der Waals surface area contributed by atoms with E-state index in [-0.39, 0.29) is 12.1 Å². The van der Waals surface area contributed by atoms with Crippen LogP contribution in [0.3, 0.4) is 0 Å². The van der Waals surface area contributed by atoms with Gasteiger partial charge in [0.15, 0.2) is 0 Å². The topological polar surface area (TPSA) is 70.1 Å². The zero-order valence-electron chi connectivity index (χ0n) is 12.8. The van der Waals surface area contributed by atoms with Crippen molar-refractivity contribution in [2.45, 2.75) is 51.5 Å². The molecule has 6 heteroatoms. The van der Waals surface area contributed by atoms with Gasteiger partial charge in [-0.2, -0.15) is 4.98 Å². The Bertz CT molecular complexity index is 471. The van der Waals surface area contributed by atoms with Crippen LogP contribution in [0.1, 0.15) is 46.0 Å². The minimum Gasteiger partial charge on any atom is -0.394 e. The second kappa shape index (κ2) is 7.40. The van der Waals surface area contributed by atoms with Gasteiger partial charge in [-0.1, -0.05) is 26.7 Å². The van der Waals surface area contributed by atoms with Crippen molar-refractivity contribution in [1.29, 1.82) is 0 Å². The smallest absolute Gasteiger partial charge is 0.224 e. The summed E-state index contributed by atoms with van der Waals surface area (Å²) in [6.07, 6.45) is 7.10. The third-order valence-electron chi connectivity index (χ3n) is 4.05. The molecule has 1 aliphatic rings. The molecule has 1 aromatic heterocycles. The molecule has 1 heterocycles. The van der Waals surface area contributed by atoms with E-state index in [0.29, 0.717) is 11.9 Å². The van der Waals surface area contributed by atoms with Crippen LogP contribution in [-0.2, 0) is 0 Å². The zero-order chi connectivity index (χ0) is 15.3. The van der Waals surface area contributed by atoms with Crippen molar-refractivity contribution in [3.05, 3.63) is 10.7 Å². The van der Waals surface area contributed by atoms with Crippen LogP contribution in [0.15, 0.2) is 10.7 Å². The summed E-state index contributed by atoms with van der Waals surface area (Å²) in [7, 11) is 0. The normalized spacial score (nSPS) is 25.6. The third kappa shape index (κ3) is 4.30. The molecule has 0 saturated heterocycles. The van der Waals surface area contributed by atoms with E-state index < -0.39 is 0 Å². The molecular formula is C15H25BrN4O. The Labute approximate surface area is 135 Å². The molecule has 1 aromatic rings. The van der Waals surface area contributed by atoms with Crippen LogP contribution in [-0.4, -0.2) is 33.8 Å². The molecule has 1 saturated carbocycles. The molecule has 1 fully saturated rings. The maximum atomic E-state index is 9.89. The van der Waals surface area contributed by atoms with Crippen LogP contribution < -0.4 is 10.6 Å². The van der Waals surface area contributed by atoms with Gasteiger partial charge in [-0.25, -0.2) is 4.98 Å². The maximum absolute atomic E-state index is 9.89. The van der Waals surface area contributed by atoms with E-state index in [1.54, 1.807) is 6.20 Å². The Balaban J connectivity index is 2.16. The highest BCUT2D eigenvalue weighted by Gasteiger charge is 2.35. The quantitative estimate of drug-likeness (QED) is 0.728. The summed E-state index contributed by atoms with van der Waals surface area (Å²) in [5.74, 6) is 2.00. The second-order valence-corrected chi connectivity index (χ2v) is 6.94. The summed E-state index contributed by atoms with van der Waals surface area (Å²) in [4.78, 5) is 8.79.